The van der Waals surface area contributed by atoms with E-state index in [9.17, 15) is 9.59 Å². The SMILES string of the molecule is Cc1cc(C)c(NC(=O)c2cc(C(=O)N3CCCc4ccccc43)ccn2)c(C)c1. The van der Waals surface area contributed by atoms with E-state index in [0.717, 1.165) is 40.9 Å². The number of hydrogen-bond donors (Lipinski definition) is 1. The highest BCUT2D eigenvalue weighted by atomic mass is 16.2. The fourth-order valence-corrected chi connectivity index (χ4v) is 4.14. The Morgan fingerprint density at radius 3 is 2.50 bits per heavy atom. The van der Waals surface area contributed by atoms with Crippen LogP contribution in [0.15, 0.2) is 54.7 Å². The van der Waals surface area contributed by atoms with Crippen LogP contribution < -0.4 is 10.2 Å². The Bertz CT molecular complexity index is 1110. The van der Waals surface area contributed by atoms with Crippen LogP contribution in [0.2, 0.25) is 0 Å². The molecule has 5 heteroatoms. The van der Waals surface area contributed by atoms with Gasteiger partial charge in [-0.2, -0.15) is 0 Å². The highest BCUT2D eigenvalue weighted by Gasteiger charge is 2.24. The van der Waals surface area contributed by atoms with E-state index < -0.39 is 0 Å². The number of fused-ring (bicyclic) bond motifs is 1. The highest BCUT2D eigenvalue weighted by molar-refractivity contribution is 6.09. The van der Waals surface area contributed by atoms with Crippen molar-refractivity contribution in [3.63, 3.8) is 0 Å². The van der Waals surface area contributed by atoms with Crippen molar-refractivity contribution in [1.29, 1.82) is 0 Å². The third kappa shape index (κ3) is 3.83. The number of nitrogens with zero attached hydrogens (tertiary/aromatic N) is 2. The molecular weight excluding hydrogens is 374 g/mol. The van der Waals surface area contributed by atoms with Crippen LogP contribution >= 0.6 is 0 Å². The minimum Gasteiger partial charge on any atom is -0.320 e. The first-order valence-corrected chi connectivity index (χ1v) is 10.2. The van der Waals surface area contributed by atoms with Crippen molar-refractivity contribution in [2.45, 2.75) is 33.6 Å². The quantitative estimate of drug-likeness (QED) is 0.685. The van der Waals surface area contributed by atoms with Gasteiger partial charge >= 0.3 is 0 Å². The number of carbonyl (C=O) groups is 2. The van der Waals surface area contributed by atoms with Gasteiger partial charge in [0, 0.05) is 29.7 Å². The summed E-state index contributed by atoms with van der Waals surface area (Å²) in [6, 6.07) is 15.3. The Balaban J connectivity index is 1.59. The molecule has 5 nitrogen and oxygen atoms in total. The summed E-state index contributed by atoms with van der Waals surface area (Å²) in [7, 11) is 0. The Kier molecular flexibility index (Phi) is 5.36. The average Bonchev–Trinajstić information content (AvgIpc) is 2.75. The maximum absolute atomic E-state index is 13.2. The van der Waals surface area contributed by atoms with Crippen LogP contribution in [0.3, 0.4) is 0 Å². The van der Waals surface area contributed by atoms with Gasteiger partial charge in [0.1, 0.15) is 5.69 Å². The van der Waals surface area contributed by atoms with Crippen molar-refractivity contribution in [3.8, 4) is 0 Å². The molecule has 152 valence electrons. The molecule has 30 heavy (non-hydrogen) atoms. The van der Waals surface area contributed by atoms with Gasteiger partial charge in [0.15, 0.2) is 0 Å². The van der Waals surface area contributed by atoms with Gasteiger partial charge in [0.25, 0.3) is 11.8 Å². The standard InChI is InChI=1S/C25H25N3O2/c1-16-13-17(2)23(18(3)14-16)27-24(29)21-15-20(10-11-26-21)25(30)28-12-6-8-19-7-4-5-9-22(19)28/h4-5,7,9-11,13-15H,6,8,12H2,1-3H3,(H,27,29). The number of aromatic nitrogens is 1. The number of anilines is 2. The number of amides is 2. The number of nitrogens with one attached hydrogen (secondary N) is 1. The molecule has 1 aliphatic heterocycles. The van der Waals surface area contributed by atoms with Crippen molar-refractivity contribution in [3.05, 3.63) is 88.2 Å². The van der Waals surface area contributed by atoms with Gasteiger partial charge in [-0.3, -0.25) is 14.6 Å². The van der Waals surface area contributed by atoms with E-state index in [0.29, 0.717) is 12.1 Å². The monoisotopic (exact) mass is 399 g/mol. The summed E-state index contributed by atoms with van der Waals surface area (Å²) in [5.74, 6) is -0.431. The number of carbonyl (C=O) groups excluding carboxylic acids is 2. The van der Waals surface area contributed by atoms with Crippen LogP contribution in [-0.2, 0) is 6.42 Å². The zero-order valence-electron chi connectivity index (χ0n) is 17.5. The predicted octanol–water partition coefficient (Wildman–Crippen LogP) is 4.85. The maximum atomic E-state index is 13.2. The Hall–Kier alpha value is -3.47. The molecule has 4 rings (SSSR count). The van der Waals surface area contributed by atoms with Crippen molar-refractivity contribution in [2.24, 2.45) is 0 Å². The van der Waals surface area contributed by atoms with Crippen molar-refractivity contribution < 1.29 is 9.59 Å². The Morgan fingerprint density at radius 2 is 1.73 bits per heavy atom. The molecule has 0 radical (unpaired) electrons. The number of benzene rings is 2. The smallest absolute Gasteiger partial charge is 0.274 e. The van der Waals surface area contributed by atoms with Gasteiger partial charge in [0.2, 0.25) is 0 Å². The fraction of sp³-hybridized carbons (Fsp3) is 0.240. The molecule has 3 aromatic rings. The summed E-state index contributed by atoms with van der Waals surface area (Å²) in [6.45, 7) is 6.63. The summed E-state index contributed by atoms with van der Waals surface area (Å²) in [5.41, 5.74) is 6.74. The van der Waals surface area contributed by atoms with E-state index in [-0.39, 0.29) is 17.5 Å². The molecule has 0 saturated heterocycles. The second kappa shape index (κ2) is 8.11. The minimum atomic E-state index is -0.321. The summed E-state index contributed by atoms with van der Waals surface area (Å²) >= 11 is 0. The highest BCUT2D eigenvalue weighted by Crippen LogP contribution is 2.28. The lowest BCUT2D eigenvalue weighted by molar-refractivity contribution is 0.0985. The summed E-state index contributed by atoms with van der Waals surface area (Å²) in [6.07, 6.45) is 3.42. The van der Waals surface area contributed by atoms with Gasteiger partial charge in [0.05, 0.1) is 0 Å². The molecule has 2 aromatic carbocycles. The van der Waals surface area contributed by atoms with Crippen LogP contribution in [0.1, 0.15) is 49.5 Å². The topological polar surface area (TPSA) is 62.3 Å². The fourth-order valence-electron chi connectivity index (χ4n) is 4.14. The Labute approximate surface area is 176 Å². The molecule has 0 bridgehead atoms. The predicted molar refractivity (Wildman–Crippen MR) is 119 cm³/mol. The van der Waals surface area contributed by atoms with Crippen LogP contribution in [0, 0.1) is 20.8 Å². The average molecular weight is 399 g/mol. The largest absolute Gasteiger partial charge is 0.320 e. The molecule has 0 atom stereocenters. The lowest BCUT2D eigenvalue weighted by atomic mass is 10.0. The number of hydrogen-bond acceptors (Lipinski definition) is 3. The number of para-hydroxylation sites is 1. The summed E-state index contributed by atoms with van der Waals surface area (Å²) in [5, 5.41) is 2.96. The molecule has 0 spiro atoms. The van der Waals surface area contributed by atoms with Crippen molar-refractivity contribution >= 4 is 23.2 Å². The zero-order valence-corrected chi connectivity index (χ0v) is 17.5. The number of pyridine rings is 1. The van der Waals surface area contributed by atoms with Crippen LogP contribution in [-0.4, -0.2) is 23.3 Å². The van der Waals surface area contributed by atoms with E-state index >= 15 is 0 Å². The van der Waals surface area contributed by atoms with E-state index in [4.69, 9.17) is 0 Å². The van der Waals surface area contributed by atoms with Crippen molar-refractivity contribution in [1.82, 2.24) is 4.98 Å². The lowest BCUT2D eigenvalue weighted by Gasteiger charge is -2.29. The summed E-state index contributed by atoms with van der Waals surface area (Å²) in [4.78, 5) is 32.1. The van der Waals surface area contributed by atoms with Crippen LogP contribution in [0.5, 0.6) is 0 Å². The van der Waals surface area contributed by atoms with Gasteiger partial charge in [-0.15, -0.1) is 0 Å². The molecular formula is C25H25N3O2. The third-order valence-corrected chi connectivity index (χ3v) is 5.51. The van der Waals surface area contributed by atoms with Gasteiger partial charge in [-0.1, -0.05) is 35.9 Å². The van der Waals surface area contributed by atoms with Gasteiger partial charge in [-0.05, 0) is 68.5 Å². The van der Waals surface area contributed by atoms with Crippen LogP contribution in [0.25, 0.3) is 0 Å². The molecule has 0 fully saturated rings. The molecule has 2 amide bonds. The van der Waals surface area contributed by atoms with Gasteiger partial charge in [-0.25, -0.2) is 0 Å². The van der Waals surface area contributed by atoms with Gasteiger partial charge < -0.3 is 10.2 Å². The maximum Gasteiger partial charge on any atom is 0.274 e. The number of rotatable bonds is 3. The molecule has 1 N–H and O–H groups in total. The second-order valence-electron chi connectivity index (χ2n) is 7.85. The molecule has 1 aromatic heterocycles. The molecule has 1 aliphatic rings. The first-order valence-electron chi connectivity index (χ1n) is 10.2. The van der Waals surface area contributed by atoms with Crippen molar-refractivity contribution in [2.75, 3.05) is 16.8 Å². The van der Waals surface area contributed by atoms with E-state index in [1.165, 1.54) is 11.8 Å². The minimum absolute atomic E-state index is 0.110. The second-order valence-corrected chi connectivity index (χ2v) is 7.85. The summed E-state index contributed by atoms with van der Waals surface area (Å²) < 4.78 is 0. The molecule has 2 heterocycles. The number of aryl methyl sites for hydroxylation is 4. The molecule has 0 saturated carbocycles. The Morgan fingerprint density at radius 1 is 1.00 bits per heavy atom. The van der Waals surface area contributed by atoms with E-state index in [1.54, 1.807) is 17.0 Å². The lowest BCUT2D eigenvalue weighted by Crippen LogP contribution is -2.35. The van der Waals surface area contributed by atoms with E-state index in [2.05, 4.69) is 16.4 Å². The van der Waals surface area contributed by atoms with Crippen LogP contribution in [0.4, 0.5) is 11.4 Å². The first-order chi connectivity index (χ1) is 14.4. The normalized spacial score (nSPS) is 13.0. The molecule has 0 unspecified atom stereocenters. The van der Waals surface area contributed by atoms with E-state index in [1.807, 2.05) is 51.1 Å². The zero-order chi connectivity index (χ0) is 21.3. The molecule has 0 aliphatic carbocycles. The third-order valence-electron chi connectivity index (χ3n) is 5.51. The first kappa shape index (κ1) is 19.8.